The molecule has 21 heavy (non-hydrogen) atoms. The highest BCUT2D eigenvalue weighted by molar-refractivity contribution is 5.61. The number of nitrogens with zero attached hydrogens (tertiary/aromatic N) is 2. The first-order chi connectivity index (χ1) is 10.0. The van der Waals surface area contributed by atoms with Crippen LogP contribution in [0.25, 0.3) is 0 Å². The normalized spacial score (nSPS) is 18.6. The summed E-state index contributed by atoms with van der Waals surface area (Å²) in [5, 5.41) is 11.1. The van der Waals surface area contributed by atoms with Crippen molar-refractivity contribution < 1.29 is 14.5 Å². The molecule has 0 saturated carbocycles. The molecule has 1 heterocycles. The van der Waals surface area contributed by atoms with E-state index in [0.717, 1.165) is 31.4 Å². The van der Waals surface area contributed by atoms with Crippen molar-refractivity contribution in [3.63, 3.8) is 0 Å². The number of nitro benzene ring substituents is 1. The van der Waals surface area contributed by atoms with Gasteiger partial charge in [-0.2, -0.15) is 0 Å². The van der Waals surface area contributed by atoms with Crippen LogP contribution in [0.2, 0.25) is 0 Å². The lowest BCUT2D eigenvalue weighted by Gasteiger charge is -2.32. The van der Waals surface area contributed by atoms with Crippen LogP contribution in [-0.4, -0.2) is 30.4 Å². The van der Waals surface area contributed by atoms with Crippen LogP contribution < -0.4 is 9.64 Å². The standard InChI is InChI=1S/C15H20N2O4/c1-11(2)21-15-8-13(5-6-14(15)17(19)20)16-7-3-4-12(9-16)10-18/h5-6,8,10-12H,3-4,7,9H2,1-2H3. The van der Waals surface area contributed by atoms with Gasteiger partial charge in [-0.1, -0.05) is 0 Å². The topological polar surface area (TPSA) is 72.7 Å². The molecule has 0 radical (unpaired) electrons. The fourth-order valence-electron chi connectivity index (χ4n) is 2.55. The Morgan fingerprint density at radius 2 is 2.24 bits per heavy atom. The van der Waals surface area contributed by atoms with Crippen LogP contribution in [0, 0.1) is 16.0 Å². The second kappa shape index (κ2) is 6.56. The molecule has 1 saturated heterocycles. The number of piperidine rings is 1. The second-order valence-electron chi connectivity index (χ2n) is 5.56. The van der Waals surface area contributed by atoms with Crippen molar-refractivity contribution in [1.82, 2.24) is 0 Å². The van der Waals surface area contributed by atoms with E-state index in [1.165, 1.54) is 6.07 Å². The van der Waals surface area contributed by atoms with Crippen LogP contribution in [0.15, 0.2) is 18.2 Å². The number of anilines is 1. The zero-order valence-electron chi connectivity index (χ0n) is 12.3. The van der Waals surface area contributed by atoms with E-state index in [0.29, 0.717) is 6.54 Å². The van der Waals surface area contributed by atoms with Gasteiger partial charge in [0, 0.05) is 36.8 Å². The summed E-state index contributed by atoms with van der Waals surface area (Å²) in [6.45, 7) is 5.17. The molecule has 6 nitrogen and oxygen atoms in total. The van der Waals surface area contributed by atoms with Crippen LogP contribution in [-0.2, 0) is 4.79 Å². The summed E-state index contributed by atoms with van der Waals surface area (Å²) >= 11 is 0. The lowest BCUT2D eigenvalue weighted by molar-refractivity contribution is -0.386. The Kier molecular flexibility index (Phi) is 4.77. The molecule has 0 aliphatic carbocycles. The van der Waals surface area contributed by atoms with Crippen molar-refractivity contribution in [2.75, 3.05) is 18.0 Å². The minimum absolute atomic E-state index is 0.0309. The van der Waals surface area contributed by atoms with Gasteiger partial charge < -0.3 is 14.4 Å². The number of aldehydes is 1. The number of hydrogen-bond donors (Lipinski definition) is 0. The summed E-state index contributed by atoms with van der Waals surface area (Å²) in [4.78, 5) is 23.7. The fraction of sp³-hybridized carbons (Fsp3) is 0.533. The number of ether oxygens (including phenoxy) is 1. The van der Waals surface area contributed by atoms with E-state index in [1.54, 1.807) is 12.1 Å². The number of rotatable bonds is 5. The third kappa shape index (κ3) is 3.71. The number of hydrogen-bond acceptors (Lipinski definition) is 5. The molecule has 114 valence electrons. The maximum Gasteiger partial charge on any atom is 0.311 e. The lowest BCUT2D eigenvalue weighted by atomic mass is 9.99. The largest absolute Gasteiger partial charge is 0.484 e. The Labute approximate surface area is 123 Å². The molecule has 1 aliphatic rings. The molecule has 0 aromatic heterocycles. The molecule has 1 aromatic carbocycles. The van der Waals surface area contributed by atoms with Gasteiger partial charge in [-0.3, -0.25) is 10.1 Å². The molecular formula is C15H20N2O4. The van der Waals surface area contributed by atoms with Crippen LogP contribution in [0.4, 0.5) is 11.4 Å². The third-order valence-electron chi connectivity index (χ3n) is 3.52. The van der Waals surface area contributed by atoms with Crippen LogP contribution in [0.5, 0.6) is 5.75 Å². The van der Waals surface area contributed by atoms with Crippen LogP contribution in [0.3, 0.4) is 0 Å². The summed E-state index contributed by atoms with van der Waals surface area (Å²) in [5.41, 5.74) is 0.833. The summed E-state index contributed by atoms with van der Waals surface area (Å²) in [6.07, 6.45) is 2.70. The van der Waals surface area contributed by atoms with Gasteiger partial charge in [-0.25, -0.2) is 0 Å². The van der Waals surface area contributed by atoms with E-state index >= 15 is 0 Å². The zero-order valence-corrected chi connectivity index (χ0v) is 12.3. The van der Waals surface area contributed by atoms with Crippen molar-refractivity contribution >= 4 is 17.7 Å². The zero-order chi connectivity index (χ0) is 15.4. The van der Waals surface area contributed by atoms with E-state index in [1.807, 2.05) is 13.8 Å². The third-order valence-corrected chi connectivity index (χ3v) is 3.52. The Balaban J connectivity index is 2.28. The average Bonchev–Trinajstić information content (AvgIpc) is 2.46. The monoisotopic (exact) mass is 292 g/mol. The van der Waals surface area contributed by atoms with Gasteiger partial charge in [-0.15, -0.1) is 0 Å². The van der Waals surface area contributed by atoms with E-state index in [2.05, 4.69) is 4.90 Å². The molecule has 1 atom stereocenters. The first-order valence-corrected chi connectivity index (χ1v) is 7.16. The van der Waals surface area contributed by atoms with E-state index < -0.39 is 4.92 Å². The number of benzene rings is 1. The molecule has 1 fully saturated rings. The maximum atomic E-state index is 11.1. The average molecular weight is 292 g/mol. The summed E-state index contributed by atoms with van der Waals surface area (Å²) in [7, 11) is 0. The van der Waals surface area contributed by atoms with E-state index in [4.69, 9.17) is 4.74 Å². The second-order valence-corrected chi connectivity index (χ2v) is 5.56. The summed E-state index contributed by atoms with van der Waals surface area (Å²) in [5.74, 6) is 0.309. The molecular weight excluding hydrogens is 272 g/mol. The molecule has 0 bridgehead atoms. The smallest absolute Gasteiger partial charge is 0.311 e. The van der Waals surface area contributed by atoms with Gasteiger partial charge in [0.2, 0.25) is 0 Å². The highest BCUT2D eigenvalue weighted by atomic mass is 16.6. The quantitative estimate of drug-likeness (QED) is 0.474. The SMILES string of the molecule is CC(C)Oc1cc(N2CCCC(C=O)C2)ccc1[N+](=O)[O-]. The summed E-state index contributed by atoms with van der Waals surface area (Å²) in [6, 6.07) is 4.89. The Hall–Kier alpha value is -2.11. The number of carbonyl (C=O) groups excluding carboxylic acids is 1. The van der Waals surface area contributed by atoms with Crippen molar-refractivity contribution in [2.45, 2.75) is 32.8 Å². The Morgan fingerprint density at radius 3 is 2.86 bits per heavy atom. The fourth-order valence-corrected chi connectivity index (χ4v) is 2.55. The molecule has 1 aliphatic heterocycles. The predicted octanol–water partition coefficient (Wildman–Crippen LogP) is 2.80. The van der Waals surface area contributed by atoms with Crippen molar-refractivity contribution in [3.05, 3.63) is 28.3 Å². The van der Waals surface area contributed by atoms with Crippen LogP contribution in [0.1, 0.15) is 26.7 Å². The van der Waals surface area contributed by atoms with Crippen LogP contribution >= 0.6 is 0 Å². The van der Waals surface area contributed by atoms with Crippen molar-refractivity contribution in [1.29, 1.82) is 0 Å². The lowest BCUT2D eigenvalue weighted by Crippen LogP contribution is -2.35. The molecule has 1 unspecified atom stereocenters. The van der Waals surface area contributed by atoms with Gasteiger partial charge in [-0.05, 0) is 32.8 Å². The minimum Gasteiger partial charge on any atom is -0.484 e. The molecule has 1 aromatic rings. The van der Waals surface area contributed by atoms with Gasteiger partial charge in [0.05, 0.1) is 11.0 Å². The molecule has 0 amide bonds. The van der Waals surface area contributed by atoms with Gasteiger partial charge >= 0.3 is 5.69 Å². The van der Waals surface area contributed by atoms with Gasteiger partial charge in [0.15, 0.2) is 5.75 Å². The predicted molar refractivity (Wildman–Crippen MR) is 79.9 cm³/mol. The Bertz CT molecular complexity index is 530. The van der Waals surface area contributed by atoms with E-state index in [9.17, 15) is 14.9 Å². The number of carbonyl (C=O) groups is 1. The van der Waals surface area contributed by atoms with Gasteiger partial charge in [0.1, 0.15) is 6.29 Å². The number of nitro groups is 1. The molecule has 0 spiro atoms. The van der Waals surface area contributed by atoms with Crippen molar-refractivity contribution in [2.24, 2.45) is 5.92 Å². The Morgan fingerprint density at radius 1 is 1.48 bits per heavy atom. The highest BCUT2D eigenvalue weighted by Gasteiger charge is 2.23. The highest BCUT2D eigenvalue weighted by Crippen LogP contribution is 2.33. The molecule has 6 heteroatoms. The molecule has 2 rings (SSSR count). The maximum absolute atomic E-state index is 11.1. The first kappa shape index (κ1) is 15.3. The first-order valence-electron chi connectivity index (χ1n) is 7.16. The molecule has 0 N–H and O–H groups in total. The van der Waals surface area contributed by atoms with Crippen molar-refractivity contribution in [3.8, 4) is 5.75 Å². The van der Waals surface area contributed by atoms with E-state index in [-0.39, 0.29) is 23.5 Å². The minimum atomic E-state index is -0.439. The van der Waals surface area contributed by atoms with Gasteiger partial charge in [0.25, 0.3) is 0 Å². The summed E-state index contributed by atoms with van der Waals surface area (Å²) < 4.78 is 5.55.